The van der Waals surface area contributed by atoms with Gasteiger partial charge in [-0.2, -0.15) is 0 Å². The fourth-order valence-corrected chi connectivity index (χ4v) is 4.58. The van der Waals surface area contributed by atoms with Crippen LogP contribution in [-0.4, -0.2) is 37.8 Å². The summed E-state index contributed by atoms with van der Waals surface area (Å²) in [5.74, 6) is 1.63. The molecule has 1 aromatic rings. The van der Waals surface area contributed by atoms with Crippen molar-refractivity contribution in [3.63, 3.8) is 0 Å². The second kappa shape index (κ2) is 6.32. The number of hydrogen-bond donors (Lipinski definition) is 0. The number of ether oxygens (including phenoxy) is 4. The van der Waals surface area contributed by atoms with E-state index >= 15 is 0 Å². The summed E-state index contributed by atoms with van der Waals surface area (Å²) in [6.45, 7) is 1.65. The van der Waals surface area contributed by atoms with Crippen LogP contribution in [0.1, 0.15) is 55.6 Å². The van der Waals surface area contributed by atoms with Gasteiger partial charge in [-0.05, 0) is 44.1 Å². The van der Waals surface area contributed by atoms with Gasteiger partial charge in [0.25, 0.3) is 0 Å². The summed E-state index contributed by atoms with van der Waals surface area (Å²) < 4.78 is 23.4. The van der Waals surface area contributed by atoms with Gasteiger partial charge in [-0.1, -0.05) is 18.2 Å². The first-order chi connectivity index (χ1) is 11.9. The fourth-order valence-electron chi connectivity index (χ4n) is 4.58. The molecule has 3 fully saturated rings. The van der Waals surface area contributed by atoms with Crippen molar-refractivity contribution in [2.45, 2.75) is 75.5 Å². The Hall–Kier alpha value is -1.10. The molecule has 2 saturated heterocycles. The van der Waals surface area contributed by atoms with E-state index in [-0.39, 0.29) is 6.29 Å². The van der Waals surface area contributed by atoms with Gasteiger partial charge in [-0.3, -0.25) is 0 Å². The smallest absolute Gasteiger partial charge is 0.157 e. The molecule has 3 heterocycles. The Kier molecular flexibility index (Phi) is 4.00. The van der Waals surface area contributed by atoms with Crippen LogP contribution >= 0.6 is 0 Å². The van der Waals surface area contributed by atoms with E-state index in [9.17, 15) is 0 Å². The van der Waals surface area contributed by atoms with Gasteiger partial charge in [0.2, 0.25) is 0 Å². The highest BCUT2D eigenvalue weighted by Crippen LogP contribution is 2.56. The standard InChI is InChI=1S/C20H26O4/c1(3-10-21-17-9-2-4-11-22-17)6-13-7-5-8-14-18-15(23-19(13)14)12-16-20(18)24-16/h5,7-8,15-18,20H,1-4,6,9-12H2/t15?,16-,17?,18?,20-/m1/s1. The number of unbranched alkanes of at least 4 members (excludes halogenated alkanes) is 1. The average Bonchev–Trinajstić information content (AvgIpc) is 3.12. The summed E-state index contributed by atoms with van der Waals surface area (Å²) >= 11 is 0. The molecule has 0 aromatic heterocycles. The summed E-state index contributed by atoms with van der Waals surface area (Å²) in [6, 6.07) is 6.63. The first kappa shape index (κ1) is 15.2. The molecule has 5 rings (SSSR count). The van der Waals surface area contributed by atoms with Crippen LogP contribution in [0.5, 0.6) is 5.75 Å². The summed E-state index contributed by atoms with van der Waals surface area (Å²) in [7, 11) is 0. The number of aryl methyl sites for hydroxylation is 1. The maximum atomic E-state index is 6.28. The Morgan fingerprint density at radius 2 is 2.12 bits per heavy atom. The summed E-state index contributed by atoms with van der Waals surface area (Å²) in [4.78, 5) is 0. The van der Waals surface area contributed by atoms with E-state index < -0.39 is 0 Å². The lowest BCUT2D eigenvalue weighted by atomic mass is 9.94. The van der Waals surface area contributed by atoms with Crippen LogP contribution in [0.15, 0.2) is 18.2 Å². The number of epoxide rings is 1. The summed E-state index contributed by atoms with van der Waals surface area (Å²) in [6.07, 6.45) is 9.07. The number of rotatable bonds is 6. The van der Waals surface area contributed by atoms with Gasteiger partial charge in [0.05, 0.1) is 18.1 Å². The minimum absolute atomic E-state index is 0.0360. The molecule has 1 aliphatic carbocycles. The number of benzene rings is 1. The van der Waals surface area contributed by atoms with Gasteiger partial charge < -0.3 is 18.9 Å². The van der Waals surface area contributed by atoms with Crippen LogP contribution in [-0.2, 0) is 20.6 Å². The number of para-hydroxylation sites is 1. The number of fused-ring (bicyclic) bond motifs is 5. The zero-order valence-electron chi connectivity index (χ0n) is 14.1. The Morgan fingerprint density at radius 3 is 3.04 bits per heavy atom. The maximum absolute atomic E-state index is 6.28. The molecule has 0 bridgehead atoms. The van der Waals surface area contributed by atoms with E-state index in [0.717, 1.165) is 51.1 Å². The largest absolute Gasteiger partial charge is 0.489 e. The molecule has 3 unspecified atom stereocenters. The highest BCUT2D eigenvalue weighted by molar-refractivity contribution is 5.50. The van der Waals surface area contributed by atoms with Crippen molar-refractivity contribution in [1.29, 1.82) is 0 Å². The molecule has 5 atom stereocenters. The van der Waals surface area contributed by atoms with E-state index in [4.69, 9.17) is 18.9 Å². The number of hydrogen-bond acceptors (Lipinski definition) is 4. The highest BCUT2D eigenvalue weighted by Gasteiger charge is 2.60. The highest BCUT2D eigenvalue weighted by atomic mass is 16.7. The van der Waals surface area contributed by atoms with E-state index in [2.05, 4.69) is 18.2 Å². The Morgan fingerprint density at radius 1 is 1.12 bits per heavy atom. The fraction of sp³-hybridized carbons (Fsp3) is 0.700. The summed E-state index contributed by atoms with van der Waals surface area (Å²) in [5, 5.41) is 0. The molecule has 4 nitrogen and oxygen atoms in total. The molecule has 0 radical (unpaired) electrons. The second-order valence-electron chi connectivity index (χ2n) is 7.52. The lowest BCUT2D eigenvalue weighted by molar-refractivity contribution is -0.162. The third kappa shape index (κ3) is 2.75. The van der Waals surface area contributed by atoms with Gasteiger partial charge in [-0.25, -0.2) is 0 Å². The Labute approximate surface area is 143 Å². The minimum atomic E-state index is 0.0360. The van der Waals surface area contributed by atoms with Crippen molar-refractivity contribution in [3.05, 3.63) is 29.3 Å². The van der Waals surface area contributed by atoms with Gasteiger partial charge in [0.1, 0.15) is 11.9 Å². The maximum Gasteiger partial charge on any atom is 0.157 e. The zero-order chi connectivity index (χ0) is 15.9. The van der Waals surface area contributed by atoms with Crippen molar-refractivity contribution in [2.24, 2.45) is 0 Å². The van der Waals surface area contributed by atoms with Crippen molar-refractivity contribution >= 4 is 0 Å². The van der Waals surface area contributed by atoms with E-state index in [1.165, 1.54) is 24.0 Å². The monoisotopic (exact) mass is 330 g/mol. The topological polar surface area (TPSA) is 40.2 Å². The first-order valence-corrected chi connectivity index (χ1v) is 9.57. The first-order valence-electron chi connectivity index (χ1n) is 9.57. The van der Waals surface area contributed by atoms with Crippen molar-refractivity contribution < 1.29 is 18.9 Å². The van der Waals surface area contributed by atoms with Crippen molar-refractivity contribution in [1.82, 2.24) is 0 Å². The van der Waals surface area contributed by atoms with Crippen LogP contribution in [0.2, 0.25) is 0 Å². The Bertz CT molecular complexity index is 595. The molecule has 0 N–H and O–H groups in total. The lowest BCUT2D eigenvalue weighted by Crippen LogP contribution is -2.22. The van der Waals surface area contributed by atoms with Gasteiger partial charge >= 0.3 is 0 Å². The molecule has 1 aromatic carbocycles. The van der Waals surface area contributed by atoms with Crippen molar-refractivity contribution in [2.75, 3.05) is 13.2 Å². The molecule has 4 aliphatic rings. The van der Waals surface area contributed by atoms with Crippen LogP contribution in [0.4, 0.5) is 0 Å². The molecular weight excluding hydrogens is 304 g/mol. The third-order valence-corrected chi connectivity index (χ3v) is 5.88. The molecule has 3 aliphatic heterocycles. The van der Waals surface area contributed by atoms with Crippen LogP contribution in [0.25, 0.3) is 0 Å². The molecule has 0 spiro atoms. The SMILES string of the molecule is c1cc(CCCCOC2CCCCO2)c2c(c1)C1C(C[C@H]3O[C@@H]13)O2. The predicted molar refractivity (Wildman–Crippen MR) is 89.4 cm³/mol. The van der Waals surface area contributed by atoms with Gasteiger partial charge in [-0.15, -0.1) is 0 Å². The zero-order valence-corrected chi connectivity index (χ0v) is 14.1. The van der Waals surface area contributed by atoms with Crippen LogP contribution < -0.4 is 4.74 Å². The molecule has 4 heteroatoms. The van der Waals surface area contributed by atoms with Gasteiger partial charge in [0.15, 0.2) is 6.29 Å². The molecule has 130 valence electrons. The van der Waals surface area contributed by atoms with E-state index in [1.54, 1.807) is 0 Å². The van der Waals surface area contributed by atoms with Crippen LogP contribution in [0.3, 0.4) is 0 Å². The van der Waals surface area contributed by atoms with E-state index in [1.807, 2.05) is 0 Å². The van der Waals surface area contributed by atoms with Gasteiger partial charge in [0, 0.05) is 25.2 Å². The second-order valence-corrected chi connectivity index (χ2v) is 7.52. The molecule has 0 amide bonds. The molecule has 24 heavy (non-hydrogen) atoms. The van der Waals surface area contributed by atoms with Crippen LogP contribution in [0, 0.1) is 0 Å². The minimum Gasteiger partial charge on any atom is -0.489 e. The lowest BCUT2D eigenvalue weighted by Gasteiger charge is -2.22. The van der Waals surface area contributed by atoms with Crippen molar-refractivity contribution in [3.8, 4) is 5.75 Å². The predicted octanol–water partition coefficient (Wildman–Crippen LogP) is 3.57. The average molecular weight is 330 g/mol. The molecular formula is C20H26O4. The summed E-state index contributed by atoms with van der Waals surface area (Å²) in [5.41, 5.74) is 2.74. The quantitative estimate of drug-likeness (QED) is 0.590. The third-order valence-electron chi connectivity index (χ3n) is 5.88. The van der Waals surface area contributed by atoms with E-state index in [0.29, 0.717) is 24.2 Å². The Balaban J connectivity index is 1.13. The normalized spacial score (nSPS) is 35.9. The molecule has 1 saturated carbocycles.